The smallest absolute Gasteiger partial charge is 0.142 e. The van der Waals surface area contributed by atoms with Crippen molar-refractivity contribution in [2.75, 3.05) is 7.11 Å². The molecule has 4 rings (SSSR count). The Kier molecular flexibility index (Phi) is 4.80. The van der Waals surface area contributed by atoms with Gasteiger partial charge in [0.2, 0.25) is 0 Å². The van der Waals surface area contributed by atoms with Crippen LogP contribution < -0.4 is 4.74 Å². The largest absolute Gasteiger partial charge is 0.497 e. The molecule has 0 atom stereocenters. The summed E-state index contributed by atoms with van der Waals surface area (Å²) in [5, 5.41) is 0. The van der Waals surface area contributed by atoms with E-state index >= 15 is 0 Å². The Balaban J connectivity index is 1.88. The highest BCUT2D eigenvalue weighted by Crippen LogP contribution is 2.29. The summed E-state index contributed by atoms with van der Waals surface area (Å²) >= 11 is 5.64. The van der Waals surface area contributed by atoms with E-state index in [1.54, 1.807) is 7.11 Å². The van der Waals surface area contributed by atoms with Gasteiger partial charge in [0, 0.05) is 35.8 Å². The van der Waals surface area contributed by atoms with E-state index in [2.05, 4.69) is 21.7 Å². The molecule has 0 amide bonds. The quantitative estimate of drug-likeness (QED) is 0.635. The summed E-state index contributed by atoms with van der Waals surface area (Å²) in [5.74, 6) is 1.76. The fourth-order valence-corrected chi connectivity index (χ4v) is 3.88. The highest BCUT2D eigenvalue weighted by atomic mass is 32.1. The predicted octanol–water partition coefficient (Wildman–Crippen LogP) is 4.61. The molecule has 1 aliphatic rings. The van der Waals surface area contributed by atoms with Crippen LogP contribution in [0.25, 0.3) is 11.4 Å². The molecule has 0 saturated heterocycles. The predicted molar refractivity (Wildman–Crippen MR) is 105 cm³/mol. The number of rotatable bonds is 4. The second-order valence-corrected chi connectivity index (χ2v) is 6.93. The van der Waals surface area contributed by atoms with Crippen LogP contribution >= 0.6 is 12.2 Å². The summed E-state index contributed by atoms with van der Waals surface area (Å²) in [4.78, 5) is 8.96. The van der Waals surface area contributed by atoms with Crippen molar-refractivity contribution < 1.29 is 4.74 Å². The molecule has 0 bridgehead atoms. The number of hydrogen-bond donors (Lipinski definition) is 0. The molecule has 132 valence electrons. The molecular weight excluding hydrogens is 342 g/mol. The van der Waals surface area contributed by atoms with E-state index in [0.29, 0.717) is 0 Å². The lowest BCUT2D eigenvalue weighted by Crippen LogP contribution is -2.18. The second-order valence-electron chi connectivity index (χ2n) is 6.54. The Morgan fingerprint density at radius 2 is 1.77 bits per heavy atom. The van der Waals surface area contributed by atoms with Crippen molar-refractivity contribution >= 4 is 12.2 Å². The van der Waals surface area contributed by atoms with E-state index in [-0.39, 0.29) is 0 Å². The van der Waals surface area contributed by atoms with E-state index in [9.17, 15) is 0 Å². The molecule has 0 fully saturated rings. The standard InChI is InChI=1S/C21H21N3OS/c1-25-17-8-6-16(7-9-17)20-23-21(26)18-4-2-3-5-19(18)24(20)14-15-10-12-22-13-11-15/h6-13H,2-5,14H2,1H3. The Hall–Kier alpha value is -2.53. The zero-order valence-corrected chi connectivity index (χ0v) is 15.6. The van der Waals surface area contributed by atoms with Crippen LogP contribution in [0.2, 0.25) is 0 Å². The number of ether oxygens (including phenoxy) is 1. The van der Waals surface area contributed by atoms with Crippen molar-refractivity contribution in [3.05, 3.63) is 70.3 Å². The molecule has 0 unspecified atom stereocenters. The maximum Gasteiger partial charge on any atom is 0.142 e. The summed E-state index contributed by atoms with van der Waals surface area (Å²) in [7, 11) is 1.68. The maximum atomic E-state index is 5.64. The molecule has 0 saturated carbocycles. The third-order valence-electron chi connectivity index (χ3n) is 4.92. The van der Waals surface area contributed by atoms with Crippen molar-refractivity contribution in [1.29, 1.82) is 0 Å². The average molecular weight is 363 g/mol. The minimum absolute atomic E-state index is 0.747. The molecule has 4 nitrogen and oxygen atoms in total. The average Bonchev–Trinajstić information content (AvgIpc) is 2.71. The fraction of sp³-hybridized carbons (Fsp3) is 0.286. The molecule has 0 N–H and O–H groups in total. The zero-order valence-electron chi connectivity index (χ0n) is 14.8. The van der Waals surface area contributed by atoms with E-state index in [1.807, 2.05) is 36.7 Å². The van der Waals surface area contributed by atoms with Gasteiger partial charge in [-0.3, -0.25) is 4.98 Å². The monoisotopic (exact) mass is 363 g/mol. The summed E-state index contributed by atoms with van der Waals surface area (Å²) in [6, 6.07) is 12.2. The van der Waals surface area contributed by atoms with Gasteiger partial charge in [-0.2, -0.15) is 0 Å². The van der Waals surface area contributed by atoms with Gasteiger partial charge in [0.1, 0.15) is 16.2 Å². The van der Waals surface area contributed by atoms with Crippen LogP contribution in [0.5, 0.6) is 5.75 Å². The van der Waals surface area contributed by atoms with Gasteiger partial charge in [-0.1, -0.05) is 12.2 Å². The number of hydrogen-bond acceptors (Lipinski definition) is 4. The number of methoxy groups -OCH3 is 1. The van der Waals surface area contributed by atoms with Crippen LogP contribution in [0.4, 0.5) is 0 Å². The zero-order chi connectivity index (χ0) is 17.9. The molecule has 3 aromatic rings. The molecule has 5 heteroatoms. The maximum absolute atomic E-state index is 5.64. The summed E-state index contributed by atoms with van der Waals surface area (Å²) < 4.78 is 8.37. The topological polar surface area (TPSA) is 39.9 Å². The molecule has 26 heavy (non-hydrogen) atoms. The van der Waals surface area contributed by atoms with Crippen LogP contribution in [-0.4, -0.2) is 21.6 Å². The van der Waals surface area contributed by atoms with Gasteiger partial charge in [0.05, 0.1) is 7.11 Å². The second kappa shape index (κ2) is 7.38. The number of benzene rings is 1. The van der Waals surface area contributed by atoms with Gasteiger partial charge in [0.15, 0.2) is 0 Å². The molecule has 0 spiro atoms. The number of fused-ring (bicyclic) bond motifs is 1. The first-order chi connectivity index (χ1) is 12.8. The first-order valence-electron chi connectivity index (χ1n) is 8.92. The Morgan fingerprint density at radius 3 is 2.50 bits per heavy atom. The summed E-state index contributed by atoms with van der Waals surface area (Å²) in [5.41, 5.74) is 4.85. The molecule has 0 aliphatic heterocycles. The molecule has 0 radical (unpaired) electrons. The third kappa shape index (κ3) is 3.27. The van der Waals surface area contributed by atoms with E-state index < -0.39 is 0 Å². The fourth-order valence-electron chi connectivity index (χ4n) is 3.57. The molecule has 1 aliphatic carbocycles. The first-order valence-corrected chi connectivity index (χ1v) is 9.33. The minimum Gasteiger partial charge on any atom is -0.497 e. The van der Waals surface area contributed by atoms with Gasteiger partial charge in [-0.25, -0.2) is 4.98 Å². The number of pyridine rings is 1. The van der Waals surface area contributed by atoms with Crippen LogP contribution in [0.3, 0.4) is 0 Å². The van der Waals surface area contributed by atoms with Crippen LogP contribution in [0.1, 0.15) is 29.7 Å². The molecular formula is C21H21N3OS. The van der Waals surface area contributed by atoms with Crippen LogP contribution in [0.15, 0.2) is 48.8 Å². The normalized spacial score (nSPS) is 13.3. The van der Waals surface area contributed by atoms with Crippen molar-refractivity contribution in [2.45, 2.75) is 32.2 Å². The summed E-state index contributed by atoms with van der Waals surface area (Å²) in [6.45, 7) is 0.773. The lowest BCUT2D eigenvalue weighted by atomic mass is 9.96. The third-order valence-corrected chi connectivity index (χ3v) is 5.26. The van der Waals surface area contributed by atoms with Crippen molar-refractivity contribution in [1.82, 2.24) is 14.5 Å². The highest BCUT2D eigenvalue weighted by Gasteiger charge is 2.19. The molecule has 2 heterocycles. The van der Waals surface area contributed by atoms with Gasteiger partial charge in [-0.05, 0) is 67.6 Å². The van der Waals surface area contributed by atoms with Crippen LogP contribution in [0, 0.1) is 4.64 Å². The Labute approximate surface area is 158 Å². The highest BCUT2D eigenvalue weighted by molar-refractivity contribution is 7.71. The first kappa shape index (κ1) is 16.9. The van der Waals surface area contributed by atoms with Gasteiger partial charge < -0.3 is 9.30 Å². The minimum atomic E-state index is 0.747. The number of nitrogens with zero attached hydrogens (tertiary/aromatic N) is 3. The van der Waals surface area contributed by atoms with Gasteiger partial charge in [0.25, 0.3) is 0 Å². The lowest BCUT2D eigenvalue weighted by molar-refractivity contribution is 0.415. The van der Waals surface area contributed by atoms with E-state index in [1.165, 1.54) is 29.7 Å². The van der Waals surface area contributed by atoms with Crippen molar-refractivity contribution in [2.24, 2.45) is 0 Å². The van der Waals surface area contributed by atoms with Gasteiger partial charge in [-0.15, -0.1) is 0 Å². The van der Waals surface area contributed by atoms with Gasteiger partial charge >= 0.3 is 0 Å². The lowest BCUT2D eigenvalue weighted by Gasteiger charge is -2.24. The molecule has 1 aromatic carbocycles. The SMILES string of the molecule is COc1ccc(-c2nc(=S)c3c(n2Cc2ccncc2)CCCC3)cc1. The van der Waals surface area contributed by atoms with Crippen molar-refractivity contribution in [3.8, 4) is 17.1 Å². The van der Waals surface area contributed by atoms with Crippen LogP contribution in [-0.2, 0) is 19.4 Å². The summed E-state index contributed by atoms with van der Waals surface area (Å²) in [6.07, 6.45) is 8.14. The van der Waals surface area contributed by atoms with E-state index in [0.717, 1.165) is 41.2 Å². The number of aromatic nitrogens is 3. The van der Waals surface area contributed by atoms with Crippen molar-refractivity contribution in [3.63, 3.8) is 0 Å². The Bertz CT molecular complexity index is 965. The van der Waals surface area contributed by atoms with E-state index in [4.69, 9.17) is 21.9 Å². The molecule has 2 aromatic heterocycles. The Morgan fingerprint density at radius 1 is 1.04 bits per heavy atom.